The van der Waals surface area contributed by atoms with Crippen molar-refractivity contribution < 1.29 is 9.53 Å². The molecule has 0 N–H and O–H groups in total. The van der Waals surface area contributed by atoms with Gasteiger partial charge in [-0.1, -0.05) is 5.92 Å². The number of rotatable bonds is 2. The van der Waals surface area contributed by atoms with Gasteiger partial charge in [0.2, 0.25) is 0 Å². The molecule has 5 heteroatoms. The normalized spacial score (nSPS) is 10.6. The summed E-state index contributed by atoms with van der Waals surface area (Å²) in [5.74, 6) is 2.44. The summed E-state index contributed by atoms with van der Waals surface area (Å²) in [6.45, 7) is 5.53. The van der Waals surface area contributed by atoms with Crippen LogP contribution in [0.4, 0.5) is 10.5 Å². The first-order chi connectivity index (χ1) is 8.35. The van der Waals surface area contributed by atoms with Crippen LogP contribution in [0.1, 0.15) is 20.8 Å². The molecule has 0 radical (unpaired) electrons. The summed E-state index contributed by atoms with van der Waals surface area (Å²) in [4.78, 5) is 17.5. The summed E-state index contributed by atoms with van der Waals surface area (Å²) in [6, 6.07) is 3.48. The van der Waals surface area contributed by atoms with Crippen molar-refractivity contribution in [3.63, 3.8) is 0 Å². The molecule has 4 nitrogen and oxygen atoms in total. The third-order valence-corrected chi connectivity index (χ3v) is 2.50. The fourth-order valence-corrected chi connectivity index (χ4v) is 1.70. The van der Waals surface area contributed by atoms with Crippen LogP contribution in [0.2, 0.25) is 0 Å². The molecule has 1 aromatic heterocycles. The number of hydrogen-bond donors (Lipinski definition) is 0. The number of carbonyl (C=O) groups excluding carboxylic acids is 1. The monoisotopic (exact) mass is 310 g/mol. The molecule has 1 rings (SSSR count). The molecule has 96 valence electrons. The second-order valence-electron chi connectivity index (χ2n) is 4.58. The van der Waals surface area contributed by atoms with E-state index in [1.807, 2.05) is 0 Å². The average molecular weight is 311 g/mol. The maximum atomic E-state index is 12.1. The van der Waals surface area contributed by atoms with Crippen molar-refractivity contribution in [1.29, 1.82) is 0 Å². The van der Waals surface area contributed by atoms with Gasteiger partial charge in [0.25, 0.3) is 0 Å². The van der Waals surface area contributed by atoms with Crippen molar-refractivity contribution in [1.82, 2.24) is 4.98 Å². The first-order valence-electron chi connectivity index (χ1n) is 5.39. The molecule has 0 fully saturated rings. The quantitative estimate of drug-likeness (QED) is 0.622. The van der Waals surface area contributed by atoms with E-state index < -0.39 is 11.7 Å². The summed E-state index contributed by atoms with van der Waals surface area (Å²) in [5.41, 5.74) is 0.0169. The third-order valence-electron chi connectivity index (χ3n) is 1.89. The Balaban J connectivity index is 3.01. The molecule has 1 heterocycles. The molecule has 1 amide bonds. The van der Waals surface area contributed by atoms with Gasteiger partial charge in [-0.05, 0) is 48.8 Å². The smallest absolute Gasteiger partial charge is 0.415 e. The summed E-state index contributed by atoms with van der Waals surface area (Å²) in [7, 11) is 0. The van der Waals surface area contributed by atoms with E-state index in [4.69, 9.17) is 11.2 Å². The number of terminal acetylenes is 1. The molecule has 18 heavy (non-hydrogen) atoms. The van der Waals surface area contributed by atoms with Crippen molar-refractivity contribution in [2.45, 2.75) is 26.4 Å². The lowest BCUT2D eigenvalue weighted by atomic mass is 10.2. The average Bonchev–Trinajstić information content (AvgIpc) is 2.24. The van der Waals surface area contributed by atoms with E-state index in [9.17, 15) is 4.79 Å². The molecular weight excluding hydrogens is 296 g/mol. The lowest BCUT2D eigenvalue weighted by Crippen LogP contribution is -2.37. The van der Waals surface area contributed by atoms with Crippen molar-refractivity contribution >= 4 is 27.7 Å². The molecule has 0 atom stereocenters. The van der Waals surface area contributed by atoms with Gasteiger partial charge in [0.05, 0.1) is 12.2 Å². The largest absolute Gasteiger partial charge is 0.443 e. The molecule has 0 saturated carbocycles. The second kappa shape index (κ2) is 5.87. The van der Waals surface area contributed by atoms with Gasteiger partial charge in [-0.3, -0.25) is 4.90 Å². The van der Waals surface area contributed by atoms with Crippen molar-refractivity contribution in [3.05, 3.63) is 22.9 Å². The Kier molecular flexibility index (Phi) is 4.74. The van der Waals surface area contributed by atoms with Crippen LogP contribution in [0.5, 0.6) is 0 Å². The molecule has 1 aromatic rings. The van der Waals surface area contributed by atoms with Crippen LogP contribution in [0.3, 0.4) is 0 Å². The molecule has 0 spiro atoms. The number of aromatic nitrogens is 1. The summed E-state index contributed by atoms with van der Waals surface area (Å²) >= 11 is 3.29. The minimum absolute atomic E-state index is 0.124. The van der Waals surface area contributed by atoms with Crippen molar-refractivity contribution in [2.75, 3.05) is 11.4 Å². The summed E-state index contributed by atoms with van der Waals surface area (Å²) in [5, 5.41) is 0. The summed E-state index contributed by atoms with van der Waals surface area (Å²) in [6.07, 6.45) is 6.41. The predicted octanol–water partition coefficient (Wildman–Crippen LogP) is 3.22. The van der Waals surface area contributed by atoms with Gasteiger partial charge in [0.1, 0.15) is 10.2 Å². The van der Waals surface area contributed by atoms with Gasteiger partial charge in [-0.15, -0.1) is 6.42 Å². The number of hydrogen-bond acceptors (Lipinski definition) is 3. The van der Waals surface area contributed by atoms with Crippen LogP contribution in [-0.4, -0.2) is 23.2 Å². The Morgan fingerprint density at radius 3 is 2.78 bits per heavy atom. The first-order valence-corrected chi connectivity index (χ1v) is 6.19. The van der Waals surface area contributed by atoms with Crippen LogP contribution in [0.15, 0.2) is 22.9 Å². The minimum atomic E-state index is -0.571. The molecule has 0 bridgehead atoms. The van der Waals surface area contributed by atoms with Crippen molar-refractivity contribution in [3.8, 4) is 12.3 Å². The van der Waals surface area contributed by atoms with Crippen LogP contribution >= 0.6 is 15.9 Å². The summed E-state index contributed by atoms with van der Waals surface area (Å²) < 4.78 is 5.85. The zero-order valence-corrected chi connectivity index (χ0v) is 12.2. The van der Waals surface area contributed by atoms with E-state index in [2.05, 4.69) is 26.8 Å². The molecule has 0 aliphatic carbocycles. The fraction of sp³-hybridized carbons (Fsp3) is 0.385. The third kappa shape index (κ3) is 4.04. The van der Waals surface area contributed by atoms with E-state index in [-0.39, 0.29) is 6.54 Å². The molecule has 0 aliphatic rings. The van der Waals surface area contributed by atoms with E-state index in [0.717, 1.165) is 0 Å². The van der Waals surface area contributed by atoms with Gasteiger partial charge < -0.3 is 4.74 Å². The highest BCUT2D eigenvalue weighted by Crippen LogP contribution is 2.24. The number of nitrogens with zero attached hydrogens (tertiary/aromatic N) is 2. The molecule has 0 saturated heterocycles. The molecule has 0 unspecified atom stereocenters. The maximum absolute atomic E-state index is 12.1. The second-order valence-corrected chi connectivity index (χ2v) is 5.34. The van der Waals surface area contributed by atoms with Crippen LogP contribution < -0.4 is 4.90 Å². The molecular formula is C13H15BrN2O2. The number of ether oxygens (including phenoxy) is 1. The maximum Gasteiger partial charge on any atom is 0.415 e. The first kappa shape index (κ1) is 14.5. The van der Waals surface area contributed by atoms with Gasteiger partial charge in [-0.25, -0.2) is 9.78 Å². The highest BCUT2D eigenvalue weighted by Gasteiger charge is 2.24. The zero-order valence-electron chi connectivity index (χ0n) is 10.6. The van der Waals surface area contributed by atoms with E-state index >= 15 is 0 Å². The number of amides is 1. The van der Waals surface area contributed by atoms with E-state index in [1.165, 1.54) is 4.90 Å². The Morgan fingerprint density at radius 2 is 2.28 bits per heavy atom. The van der Waals surface area contributed by atoms with Crippen LogP contribution in [-0.2, 0) is 4.74 Å². The lowest BCUT2D eigenvalue weighted by Gasteiger charge is -2.26. The lowest BCUT2D eigenvalue weighted by molar-refractivity contribution is 0.0585. The zero-order chi connectivity index (χ0) is 13.8. The molecule has 0 aromatic carbocycles. The molecule has 0 aliphatic heterocycles. The van der Waals surface area contributed by atoms with E-state index in [1.54, 1.807) is 39.1 Å². The van der Waals surface area contributed by atoms with Gasteiger partial charge in [-0.2, -0.15) is 0 Å². The van der Waals surface area contributed by atoms with Gasteiger partial charge in [0.15, 0.2) is 0 Å². The van der Waals surface area contributed by atoms with Crippen molar-refractivity contribution in [2.24, 2.45) is 0 Å². The number of anilines is 1. The highest BCUT2D eigenvalue weighted by molar-refractivity contribution is 9.10. The number of pyridine rings is 1. The van der Waals surface area contributed by atoms with Gasteiger partial charge in [0, 0.05) is 6.20 Å². The Bertz CT molecular complexity index is 475. The SMILES string of the molecule is C#CCN(C(=O)OC(C)(C)C)c1cccnc1Br. The predicted molar refractivity (Wildman–Crippen MR) is 74.4 cm³/mol. The fourth-order valence-electron chi connectivity index (χ4n) is 1.24. The van der Waals surface area contributed by atoms with Crippen LogP contribution in [0.25, 0.3) is 0 Å². The standard InChI is InChI=1S/C13H15BrN2O2/c1-5-9-16(12(17)18-13(2,3)4)10-7-6-8-15-11(10)14/h1,6-8H,9H2,2-4H3. The number of carbonyl (C=O) groups is 1. The Morgan fingerprint density at radius 1 is 1.61 bits per heavy atom. The van der Waals surface area contributed by atoms with Crippen LogP contribution in [0, 0.1) is 12.3 Å². The topological polar surface area (TPSA) is 42.4 Å². The van der Waals surface area contributed by atoms with E-state index in [0.29, 0.717) is 10.3 Å². The number of halogens is 1. The Hall–Kier alpha value is -1.54. The minimum Gasteiger partial charge on any atom is -0.443 e. The Labute approximate surface area is 115 Å². The van der Waals surface area contributed by atoms with Gasteiger partial charge >= 0.3 is 6.09 Å². The highest BCUT2D eigenvalue weighted by atomic mass is 79.9.